The van der Waals surface area contributed by atoms with Gasteiger partial charge in [-0.1, -0.05) is 56.3 Å². The smallest absolute Gasteiger partial charge is 0.310 e. The molecular weight excluding hydrogens is 332 g/mol. The maximum atomic E-state index is 12.0. The van der Waals surface area contributed by atoms with E-state index in [0.717, 1.165) is 25.2 Å². The van der Waals surface area contributed by atoms with Crippen LogP contribution in [0.4, 0.5) is 5.69 Å². The first-order chi connectivity index (χ1) is 12.5. The summed E-state index contributed by atoms with van der Waals surface area (Å²) in [6.07, 6.45) is -0.114. The number of esters is 1. The second-order valence-electron chi connectivity index (χ2n) is 6.00. The van der Waals surface area contributed by atoms with Crippen LogP contribution in [-0.4, -0.2) is 28.9 Å². The number of hydrogen-bond donors (Lipinski definition) is 0. The summed E-state index contributed by atoms with van der Waals surface area (Å²) < 4.78 is 5.26. The second-order valence-corrected chi connectivity index (χ2v) is 6.00. The van der Waals surface area contributed by atoms with Gasteiger partial charge in [-0.25, -0.2) is 0 Å². The third-order valence-corrected chi connectivity index (χ3v) is 4.25. The van der Waals surface area contributed by atoms with Crippen molar-refractivity contribution in [3.8, 4) is 0 Å². The minimum absolute atomic E-state index is 0.0646. The van der Waals surface area contributed by atoms with Gasteiger partial charge in [-0.15, -0.1) is 0 Å². The van der Waals surface area contributed by atoms with Crippen molar-refractivity contribution in [1.82, 2.24) is 4.90 Å². The van der Waals surface area contributed by atoms with Crippen LogP contribution in [0.15, 0.2) is 48.5 Å². The summed E-state index contributed by atoms with van der Waals surface area (Å²) in [5.74, 6) is -0.480. The molecule has 2 aromatic rings. The number of nitrogens with zero attached hydrogens (tertiary/aromatic N) is 2. The predicted molar refractivity (Wildman–Crippen MR) is 99.7 cm³/mol. The van der Waals surface area contributed by atoms with Crippen LogP contribution in [0.3, 0.4) is 0 Å². The molecule has 26 heavy (non-hydrogen) atoms. The fourth-order valence-corrected chi connectivity index (χ4v) is 2.66. The molecule has 0 atom stereocenters. The molecule has 2 rings (SSSR count). The Balaban J connectivity index is 1.89. The lowest BCUT2D eigenvalue weighted by Crippen LogP contribution is -2.22. The van der Waals surface area contributed by atoms with Crippen molar-refractivity contribution in [2.75, 3.05) is 13.1 Å². The molecule has 0 aliphatic rings. The van der Waals surface area contributed by atoms with Gasteiger partial charge in [-0.3, -0.25) is 19.8 Å². The Hall–Kier alpha value is -2.73. The number of hydrogen-bond acceptors (Lipinski definition) is 5. The SMILES string of the molecule is CCN(CC)Cc1ccc(COC(=O)Cc2ccccc2[N+](=O)[O-])cc1. The minimum atomic E-state index is -0.489. The summed E-state index contributed by atoms with van der Waals surface area (Å²) in [7, 11) is 0. The van der Waals surface area contributed by atoms with Crippen molar-refractivity contribution in [2.24, 2.45) is 0 Å². The lowest BCUT2D eigenvalue weighted by atomic mass is 10.1. The Morgan fingerprint density at radius 1 is 1.04 bits per heavy atom. The summed E-state index contributed by atoms with van der Waals surface area (Å²) in [5, 5.41) is 11.0. The molecule has 6 nitrogen and oxygen atoms in total. The molecule has 0 spiro atoms. The third-order valence-electron chi connectivity index (χ3n) is 4.25. The van der Waals surface area contributed by atoms with Crippen molar-refractivity contribution in [3.05, 3.63) is 75.3 Å². The Kier molecular flexibility index (Phi) is 7.29. The normalized spacial score (nSPS) is 10.7. The lowest BCUT2D eigenvalue weighted by molar-refractivity contribution is -0.385. The van der Waals surface area contributed by atoms with Crippen molar-refractivity contribution in [3.63, 3.8) is 0 Å². The lowest BCUT2D eigenvalue weighted by Gasteiger charge is -2.18. The molecule has 0 amide bonds. The highest BCUT2D eigenvalue weighted by Gasteiger charge is 2.16. The van der Waals surface area contributed by atoms with Gasteiger partial charge in [0.25, 0.3) is 5.69 Å². The van der Waals surface area contributed by atoms with Gasteiger partial charge in [0.05, 0.1) is 11.3 Å². The van der Waals surface area contributed by atoms with Crippen molar-refractivity contribution in [2.45, 2.75) is 33.4 Å². The number of benzene rings is 2. The molecule has 138 valence electrons. The van der Waals surface area contributed by atoms with E-state index in [1.807, 2.05) is 24.3 Å². The summed E-state index contributed by atoms with van der Waals surface area (Å²) in [5.41, 5.74) is 2.40. The number of nitro benzene ring substituents is 1. The highest BCUT2D eigenvalue weighted by molar-refractivity contribution is 5.74. The summed E-state index contributed by atoms with van der Waals surface area (Å²) in [6.45, 7) is 7.32. The van der Waals surface area contributed by atoms with E-state index in [9.17, 15) is 14.9 Å². The first-order valence-electron chi connectivity index (χ1n) is 8.71. The van der Waals surface area contributed by atoms with Crippen molar-refractivity contribution in [1.29, 1.82) is 0 Å². The molecule has 0 saturated heterocycles. The van der Waals surface area contributed by atoms with Crippen molar-refractivity contribution >= 4 is 11.7 Å². The first-order valence-corrected chi connectivity index (χ1v) is 8.71. The second kappa shape index (κ2) is 9.68. The van der Waals surface area contributed by atoms with Gasteiger partial charge >= 0.3 is 5.97 Å². The molecule has 0 heterocycles. The molecule has 2 aromatic carbocycles. The standard InChI is InChI=1S/C20H24N2O4/c1-3-21(4-2)14-16-9-11-17(12-10-16)15-26-20(23)13-18-7-5-6-8-19(18)22(24)25/h5-12H,3-4,13-15H2,1-2H3. The van der Waals surface area contributed by atoms with E-state index in [2.05, 4.69) is 18.7 Å². The van der Waals surface area contributed by atoms with Gasteiger partial charge in [0, 0.05) is 18.2 Å². The highest BCUT2D eigenvalue weighted by Crippen LogP contribution is 2.18. The quantitative estimate of drug-likeness (QED) is 0.389. The molecule has 0 radical (unpaired) electrons. The first kappa shape index (κ1) is 19.6. The number of carbonyl (C=O) groups excluding carboxylic acids is 1. The fraction of sp³-hybridized carbons (Fsp3) is 0.350. The van der Waals surface area contributed by atoms with E-state index < -0.39 is 10.9 Å². The molecular formula is C20H24N2O4. The molecule has 0 N–H and O–H groups in total. The average molecular weight is 356 g/mol. The highest BCUT2D eigenvalue weighted by atomic mass is 16.6. The maximum absolute atomic E-state index is 12.0. The van der Waals surface area contributed by atoms with Crippen LogP contribution >= 0.6 is 0 Å². The van der Waals surface area contributed by atoms with E-state index in [1.165, 1.54) is 11.6 Å². The molecule has 0 fully saturated rings. The monoisotopic (exact) mass is 356 g/mol. The summed E-state index contributed by atoms with van der Waals surface area (Å²) in [4.78, 5) is 24.8. The Morgan fingerprint density at radius 2 is 1.65 bits per heavy atom. The summed E-state index contributed by atoms with van der Waals surface area (Å²) >= 11 is 0. The van der Waals surface area contributed by atoms with E-state index in [4.69, 9.17) is 4.74 Å². The van der Waals surface area contributed by atoms with Crippen LogP contribution in [0.2, 0.25) is 0 Å². The zero-order valence-corrected chi connectivity index (χ0v) is 15.2. The van der Waals surface area contributed by atoms with Gasteiger partial charge in [0.15, 0.2) is 0 Å². The number of rotatable bonds is 9. The molecule has 0 saturated carbocycles. The van der Waals surface area contributed by atoms with Crippen LogP contribution in [0.1, 0.15) is 30.5 Å². The average Bonchev–Trinajstić information content (AvgIpc) is 2.65. The van der Waals surface area contributed by atoms with E-state index in [-0.39, 0.29) is 18.7 Å². The van der Waals surface area contributed by atoms with E-state index in [1.54, 1.807) is 18.2 Å². The third kappa shape index (κ3) is 5.67. The molecule has 0 aromatic heterocycles. The Bertz CT molecular complexity index is 740. The molecule has 6 heteroatoms. The van der Waals surface area contributed by atoms with Gasteiger partial charge < -0.3 is 4.74 Å². The Labute approximate surface area is 153 Å². The molecule has 0 bridgehead atoms. The van der Waals surface area contributed by atoms with E-state index in [0.29, 0.717) is 5.56 Å². The maximum Gasteiger partial charge on any atom is 0.310 e. The zero-order chi connectivity index (χ0) is 18.9. The largest absolute Gasteiger partial charge is 0.461 e. The molecule has 0 aliphatic carbocycles. The predicted octanol–water partition coefficient (Wildman–Crippen LogP) is 3.72. The van der Waals surface area contributed by atoms with Gasteiger partial charge in [0.2, 0.25) is 0 Å². The van der Waals surface area contributed by atoms with Crippen LogP contribution in [0.5, 0.6) is 0 Å². The van der Waals surface area contributed by atoms with E-state index >= 15 is 0 Å². The Morgan fingerprint density at radius 3 is 2.27 bits per heavy atom. The number of carbonyl (C=O) groups is 1. The van der Waals surface area contributed by atoms with Gasteiger partial charge in [-0.2, -0.15) is 0 Å². The van der Waals surface area contributed by atoms with Crippen molar-refractivity contribution < 1.29 is 14.5 Å². The zero-order valence-electron chi connectivity index (χ0n) is 15.2. The fourth-order valence-electron chi connectivity index (χ4n) is 2.66. The number of ether oxygens (including phenoxy) is 1. The molecule has 0 aliphatic heterocycles. The van der Waals surface area contributed by atoms with Crippen LogP contribution in [-0.2, 0) is 29.1 Å². The topological polar surface area (TPSA) is 72.7 Å². The van der Waals surface area contributed by atoms with Gasteiger partial charge in [-0.05, 0) is 24.2 Å². The summed E-state index contributed by atoms with van der Waals surface area (Å²) in [6, 6.07) is 14.1. The van der Waals surface area contributed by atoms with Gasteiger partial charge in [0.1, 0.15) is 6.61 Å². The van der Waals surface area contributed by atoms with Crippen LogP contribution in [0, 0.1) is 10.1 Å². The number of nitro groups is 1. The minimum Gasteiger partial charge on any atom is -0.461 e. The van der Waals surface area contributed by atoms with Crippen LogP contribution < -0.4 is 0 Å². The van der Waals surface area contributed by atoms with Crippen LogP contribution in [0.25, 0.3) is 0 Å². The molecule has 0 unspecified atom stereocenters. The number of para-hydroxylation sites is 1.